The molecule has 138 valence electrons. The van der Waals surface area contributed by atoms with Crippen molar-refractivity contribution < 1.29 is 9.53 Å². The van der Waals surface area contributed by atoms with Crippen LogP contribution in [0.2, 0.25) is 0 Å². The first-order valence-electron chi connectivity index (χ1n) is 9.17. The smallest absolute Gasteiger partial charge is 0.254 e. The number of para-hydroxylation sites is 2. The fourth-order valence-corrected chi connectivity index (χ4v) is 3.07. The molecule has 1 N–H and O–H groups in total. The lowest BCUT2D eigenvalue weighted by molar-refractivity contribution is 0.0643. The number of hydrogen-bond acceptors (Lipinski definition) is 5. The highest BCUT2D eigenvalue weighted by Crippen LogP contribution is 2.27. The third-order valence-corrected chi connectivity index (χ3v) is 4.56. The molecule has 2 aromatic rings. The number of carbonyl (C=O) groups is 1. The van der Waals surface area contributed by atoms with Gasteiger partial charge in [-0.1, -0.05) is 19.1 Å². The molecule has 3 rings (SSSR count). The SMILES string of the molecule is CCOc1ccccc1Nc1cc(C(=O)N2CCN(CC)CC2)ccn1. The minimum Gasteiger partial charge on any atom is -0.492 e. The molecule has 0 aliphatic carbocycles. The van der Waals surface area contributed by atoms with E-state index >= 15 is 0 Å². The summed E-state index contributed by atoms with van der Waals surface area (Å²) in [6.07, 6.45) is 1.67. The normalized spacial score (nSPS) is 14.9. The predicted octanol–water partition coefficient (Wildman–Crippen LogP) is 3.00. The van der Waals surface area contributed by atoms with Crippen molar-refractivity contribution in [3.05, 3.63) is 48.2 Å². The molecule has 6 nitrogen and oxygen atoms in total. The van der Waals surface area contributed by atoms with Gasteiger partial charge in [-0.15, -0.1) is 0 Å². The van der Waals surface area contributed by atoms with E-state index < -0.39 is 0 Å². The van der Waals surface area contributed by atoms with Gasteiger partial charge in [0.05, 0.1) is 12.3 Å². The fraction of sp³-hybridized carbons (Fsp3) is 0.400. The molecule has 0 bridgehead atoms. The Morgan fingerprint density at radius 1 is 1.15 bits per heavy atom. The van der Waals surface area contributed by atoms with E-state index in [2.05, 4.69) is 22.1 Å². The van der Waals surface area contributed by atoms with Crippen molar-refractivity contribution in [1.29, 1.82) is 0 Å². The summed E-state index contributed by atoms with van der Waals surface area (Å²) in [4.78, 5) is 21.4. The maximum atomic E-state index is 12.8. The highest BCUT2D eigenvalue weighted by Gasteiger charge is 2.21. The maximum absolute atomic E-state index is 12.8. The second kappa shape index (κ2) is 8.67. The number of carbonyl (C=O) groups excluding carboxylic acids is 1. The van der Waals surface area contributed by atoms with Gasteiger partial charge in [0.15, 0.2) is 0 Å². The average molecular weight is 354 g/mol. The summed E-state index contributed by atoms with van der Waals surface area (Å²) in [6, 6.07) is 11.3. The monoisotopic (exact) mass is 354 g/mol. The second-order valence-corrected chi connectivity index (χ2v) is 6.21. The maximum Gasteiger partial charge on any atom is 0.254 e. The standard InChI is InChI=1S/C20H26N4O2/c1-3-23-11-13-24(14-12-23)20(25)16-9-10-21-19(15-16)22-17-7-5-6-8-18(17)26-4-2/h5-10,15H,3-4,11-14H2,1-2H3,(H,21,22). The van der Waals surface area contributed by atoms with E-state index in [1.807, 2.05) is 36.1 Å². The van der Waals surface area contributed by atoms with Gasteiger partial charge in [0.2, 0.25) is 0 Å². The highest BCUT2D eigenvalue weighted by molar-refractivity contribution is 5.95. The molecule has 6 heteroatoms. The lowest BCUT2D eigenvalue weighted by Crippen LogP contribution is -2.48. The van der Waals surface area contributed by atoms with E-state index in [0.29, 0.717) is 18.0 Å². The molecule has 1 aliphatic heterocycles. The van der Waals surface area contributed by atoms with Gasteiger partial charge in [-0.2, -0.15) is 0 Å². The topological polar surface area (TPSA) is 57.7 Å². The molecule has 26 heavy (non-hydrogen) atoms. The molecule has 1 aromatic heterocycles. The first-order valence-corrected chi connectivity index (χ1v) is 9.17. The van der Waals surface area contributed by atoms with Gasteiger partial charge in [-0.05, 0) is 37.7 Å². The number of hydrogen-bond donors (Lipinski definition) is 1. The number of rotatable bonds is 6. The number of benzene rings is 1. The van der Waals surface area contributed by atoms with Gasteiger partial charge in [0.25, 0.3) is 5.91 Å². The summed E-state index contributed by atoms with van der Waals surface area (Å²) in [5.74, 6) is 1.46. The van der Waals surface area contributed by atoms with E-state index in [-0.39, 0.29) is 5.91 Å². The zero-order chi connectivity index (χ0) is 18.4. The molecule has 0 unspecified atom stereocenters. The third-order valence-electron chi connectivity index (χ3n) is 4.56. The van der Waals surface area contributed by atoms with E-state index in [0.717, 1.165) is 44.2 Å². The number of amides is 1. The first kappa shape index (κ1) is 18.2. The second-order valence-electron chi connectivity index (χ2n) is 6.21. The fourth-order valence-electron chi connectivity index (χ4n) is 3.07. The number of anilines is 2. The van der Waals surface area contributed by atoms with Gasteiger partial charge in [-0.25, -0.2) is 4.98 Å². The van der Waals surface area contributed by atoms with Gasteiger partial charge in [0, 0.05) is 37.9 Å². The molecule has 2 heterocycles. The number of ether oxygens (including phenoxy) is 1. The summed E-state index contributed by atoms with van der Waals surface area (Å²) < 4.78 is 5.63. The Balaban J connectivity index is 1.71. The molecule has 1 aromatic carbocycles. The highest BCUT2D eigenvalue weighted by atomic mass is 16.5. The molecular weight excluding hydrogens is 328 g/mol. The van der Waals surface area contributed by atoms with Crippen LogP contribution in [0.3, 0.4) is 0 Å². The van der Waals surface area contributed by atoms with Crippen LogP contribution in [0.4, 0.5) is 11.5 Å². The number of aromatic nitrogens is 1. The minimum absolute atomic E-state index is 0.0595. The van der Waals surface area contributed by atoms with Crippen LogP contribution in [0.5, 0.6) is 5.75 Å². The number of nitrogens with one attached hydrogen (secondary N) is 1. The van der Waals surface area contributed by atoms with Crippen LogP contribution in [0, 0.1) is 0 Å². The zero-order valence-corrected chi connectivity index (χ0v) is 15.4. The molecule has 0 radical (unpaired) electrons. The Kier molecular flexibility index (Phi) is 6.07. The summed E-state index contributed by atoms with van der Waals surface area (Å²) in [7, 11) is 0. The van der Waals surface area contributed by atoms with Crippen molar-refractivity contribution in [2.75, 3.05) is 44.6 Å². The average Bonchev–Trinajstić information content (AvgIpc) is 2.69. The lowest BCUT2D eigenvalue weighted by Gasteiger charge is -2.34. The third kappa shape index (κ3) is 4.32. The minimum atomic E-state index is 0.0595. The quantitative estimate of drug-likeness (QED) is 0.864. The van der Waals surface area contributed by atoms with E-state index in [4.69, 9.17) is 4.74 Å². The molecule has 1 aliphatic rings. The molecule has 1 amide bonds. The predicted molar refractivity (Wildman–Crippen MR) is 103 cm³/mol. The van der Waals surface area contributed by atoms with Crippen LogP contribution in [-0.2, 0) is 0 Å². The van der Waals surface area contributed by atoms with Crippen molar-refractivity contribution in [3.8, 4) is 5.75 Å². The lowest BCUT2D eigenvalue weighted by atomic mass is 10.2. The Bertz CT molecular complexity index is 742. The summed E-state index contributed by atoms with van der Waals surface area (Å²) >= 11 is 0. The number of nitrogens with zero attached hydrogens (tertiary/aromatic N) is 3. The van der Waals surface area contributed by atoms with Crippen molar-refractivity contribution in [2.24, 2.45) is 0 Å². The molecular formula is C20H26N4O2. The molecule has 1 saturated heterocycles. The van der Waals surface area contributed by atoms with Crippen molar-refractivity contribution in [2.45, 2.75) is 13.8 Å². The number of pyridine rings is 1. The Labute approximate surface area is 154 Å². The van der Waals surface area contributed by atoms with Gasteiger partial charge >= 0.3 is 0 Å². The van der Waals surface area contributed by atoms with Gasteiger partial charge in [0.1, 0.15) is 11.6 Å². The van der Waals surface area contributed by atoms with E-state index in [9.17, 15) is 4.79 Å². The Morgan fingerprint density at radius 2 is 1.92 bits per heavy atom. The summed E-state index contributed by atoms with van der Waals surface area (Å²) in [5, 5.41) is 3.26. The van der Waals surface area contributed by atoms with E-state index in [1.165, 1.54) is 0 Å². The van der Waals surface area contributed by atoms with Gasteiger partial charge in [-0.3, -0.25) is 4.79 Å². The molecule has 0 atom stereocenters. The summed E-state index contributed by atoms with van der Waals surface area (Å²) in [6.45, 7) is 9.13. The van der Waals surface area contributed by atoms with Crippen molar-refractivity contribution >= 4 is 17.4 Å². The van der Waals surface area contributed by atoms with Crippen LogP contribution in [0.1, 0.15) is 24.2 Å². The number of likely N-dealkylation sites (N-methyl/N-ethyl adjacent to an activating group) is 1. The van der Waals surface area contributed by atoms with Crippen LogP contribution in [0.15, 0.2) is 42.6 Å². The number of piperazine rings is 1. The zero-order valence-electron chi connectivity index (χ0n) is 15.4. The Morgan fingerprint density at radius 3 is 2.65 bits per heavy atom. The largest absolute Gasteiger partial charge is 0.492 e. The molecule has 0 saturated carbocycles. The Hall–Kier alpha value is -2.60. The van der Waals surface area contributed by atoms with Crippen LogP contribution in [-0.4, -0.2) is 60.0 Å². The van der Waals surface area contributed by atoms with Crippen LogP contribution < -0.4 is 10.1 Å². The first-order chi connectivity index (χ1) is 12.7. The van der Waals surface area contributed by atoms with Crippen molar-refractivity contribution in [1.82, 2.24) is 14.8 Å². The van der Waals surface area contributed by atoms with Crippen LogP contribution >= 0.6 is 0 Å². The van der Waals surface area contributed by atoms with Gasteiger partial charge < -0.3 is 19.9 Å². The summed E-state index contributed by atoms with van der Waals surface area (Å²) in [5.41, 5.74) is 1.49. The van der Waals surface area contributed by atoms with E-state index in [1.54, 1.807) is 18.3 Å². The molecule has 1 fully saturated rings. The van der Waals surface area contributed by atoms with Crippen molar-refractivity contribution in [3.63, 3.8) is 0 Å². The molecule has 0 spiro atoms. The van der Waals surface area contributed by atoms with Crippen LogP contribution in [0.25, 0.3) is 0 Å².